The van der Waals surface area contributed by atoms with E-state index in [9.17, 15) is 9.59 Å². The quantitative estimate of drug-likeness (QED) is 0.870. The number of rotatable bonds is 2. The van der Waals surface area contributed by atoms with E-state index in [0.717, 1.165) is 11.4 Å². The highest BCUT2D eigenvalue weighted by Crippen LogP contribution is 2.30. The first-order valence-corrected chi connectivity index (χ1v) is 7.19. The monoisotopic (exact) mass is 289 g/mol. The van der Waals surface area contributed by atoms with Crippen molar-refractivity contribution in [2.75, 3.05) is 43.1 Å². The van der Waals surface area contributed by atoms with Gasteiger partial charge in [0.15, 0.2) is 0 Å². The first-order valence-electron chi connectivity index (χ1n) is 7.19. The molecule has 2 amide bonds. The van der Waals surface area contributed by atoms with Gasteiger partial charge in [0.1, 0.15) is 12.6 Å². The van der Waals surface area contributed by atoms with Crippen molar-refractivity contribution in [1.29, 1.82) is 0 Å². The maximum absolute atomic E-state index is 12.4. The van der Waals surface area contributed by atoms with E-state index < -0.39 is 0 Å². The van der Waals surface area contributed by atoms with Crippen molar-refractivity contribution in [1.82, 2.24) is 4.90 Å². The molecule has 0 aromatic heterocycles. The van der Waals surface area contributed by atoms with Crippen LogP contribution in [0.15, 0.2) is 24.3 Å². The molecule has 6 heteroatoms. The Morgan fingerprint density at radius 3 is 2.81 bits per heavy atom. The Balaban J connectivity index is 1.80. The minimum absolute atomic E-state index is 0.0319. The number of ether oxygens (including phenoxy) is 1. The summed E-state index contributed by atoms with van der Waals surface area (Å²) in [6.07, 6.45) is 0. The molecule has 0 bridgehead atoms. The van der Waals surface area contributed by atoms with Crippen LogP contribution in [-0.2, 0) is 14.3 Å². The number of fused-ring (bicyclic) bond motifs is 1. The maximum Gasteiger partial charge on any atom is 0.249 e. The summed E-state index contributed by atoms with van der Waals surface area (Å²) >= 11 is 0. The van der Waals surface area contributed by atoms with Crippen LogP contribution < -0.4 is 10.2 Å². The van der Waals surface area contributed by atoms with Crippen LogP contribution >= 0.6 is 0 Å². The number of nitrogens with one attached hydrogen (secondary N) is 1. The molecule has 1 aromatic carbocycles. The molecule has 21 heavy (non-hydrogen) atoms. The zero-order chi connectivity index (χ0) is 14.8. The molecule has 1 saturated heterocycles. The summed E-state index contributed by atoms with van der Waals surface area (Å²) in [6.45, 7) is 4.21. The van der Waals surface area contributed by atoms with Gasteiger partial charge in [-0.2, -0.15) is 0 Å². The molecule has 0 radical (unpaired) electrons. The van der Waals surface area contributed by atoms with Crippen molar-refractivity contribution < 1.29 is 14.3 Å². The van der Waals surface area contributed by atoms with Gasteiger partial charge in [0.05, 0.1) is 24.6 Å². The van der Waals surface area contributed by atoms with Crippen LogP contribution in [-0.4, -0.2) is 55.6 Å². The van der Waals surface area contributed by atoms with Gasteiger partial charge in [-0.3, -0.25) is 14.5 Å². The highest BCUT2D eigenvalue weighted by Gasteiger charge is 2.31. The lowest BCUT2D eigenvalue weighted by Crippen LogP contribution is -2.52. The standard InChI is InChI=1S/C15H19N3O3/c1-11-15(20)18(13-5-3-2-4-12(13)16-11)10-14(19)17-6-8-21-9-7-17/h2-5,11,16H,6-10H2,1H3. The third kappa shape index (κ3) is 2.71. The Morgan fingerprint density at radius 1 is 1.33 bits per heavy atom. The lowest BCUT2D eigenvalue weighted by atomic mass is 10.1. The summed E-state index contributed by atoms with van der Waals surface area (Å²) < 4.78 is 5.25. The zero-order valence-corrected chi connectivity index (χ0v) is 12.0. The highest BCUT2D eigenvalue weighted by atomic mass is 16.5. The third-order valence-corrected chi connectivity index (χ3v) is 3.86. The molecule has 1 N–H and O–H groups in total. The van der Waals surface area contributed by atoms with Crippen LogP contribution in [0.3, 0.4) is 0 Å². The van der Waals surface area contributed by atoms with Gasteiger partial charge in [-0.05, 0) is 19.1 Å². The molecule has 2 heterocycles. The molecule has 1 unspecified atom stereocenters. The number of para-hydroxylation sites is 2. The Morgan fingerprint density at radius 2 is 2.05 bits per heavy atom. The first kappa shape index (κ1) is 13.9. The Bertz CT molecular complexity index is 555. The number of anilines is 2. The molecule has 3 rings (SSSR count). The molecule has 0 spiro atoms. The fourth-order valence-electron chi connectivity index (χ4n) is 2.69. The molecule has 1 aromatic rings. The molecule has 112 valence electrons. The van der Waals surface area contributed by atoms with E-state index in [0.29, 0.717) is 26.3 Å². The summed E-state index contributed by atoms with van der Waals surface area (Å²) in [5.41, 5.74) is 1.65. The molecule has 1 fully saturated rings. The van der Waals surface area contributed by atoms with Crippen LogP contribution in [0.4, 0.5) is 11.4 Å². The second-order valence-electron chi connectivity index (χ2n) is 5.30. The van der Waals surface area contributed by atoms with Gasteiger partial charge in [-0.1, -0.05) is 12.1 Å². The smallest absolute Gasteiger partial charge is 0.249 e. The number of nitrogens with zero attached hydrogens (tertiary/aromatic N) is 2. The van der Waals surface area contributed by atoms with Crippen molar-refractivity contribution in [3.8, 4) is 0 Å². The van der Waals surface area contributed by atoms with Crippen molar-refractivity contribution in [2.24, 2.45) is 0 Å². The highest BCUT2D eigenvalue weighted by molar-refractivity contribution is 6.07. The number of hydrogen-bond donors (Lipinski definition) is 1. The molecular weight excluding hydrogens is 270 g/mol. The van der Waals surface area contributed by atoms with Gasteiger partial charge in [-0.25, -0.2) is 0 Å². The van der Waals surface area contributed by atoms with Crippen LogP contribution in [0, 0.1) is 0 Å². The van der Waals surface area contributed by atoms with Crippen LogP contribution in [0.25, 0.3) is 0 Å². The van der Waals surface area contributed by atoms with Crippen LogP contribution in [0.1, 0.15) is 6.92 Å². The second kappa shape index (κ2) is 5.73. The van der Waals surface area contributed by atoms with Crippen LogP contribution in [0.2, 0.25) is 0 Å². The normalized spacial score (nSPS) is 21.8. The lowest BCUT2D eigenvalue weighted by Gasteiger charge is -2.35. The predicted molar refractivity (Wildman–Crippen MR) is 79.3 cm³/mol. The van der Waals surface area contributed by atoms with Crippen molar-refractivity contribution in [3.63, 3.8) is 0 Å². The van der Waals surface area contributed by atoms with E-state index in [-0.39, 0.29) is 24.4 Å². The third-order valence-electron chi connectivity index (χ3n) is 3.86. The average molecular weight is 289 g/mol. The summed E-state index contributed by atoms with van der Waals surface area (Å²) in [5.74, 6) is -0.106. The topological polar surface area (TPSA) is 61.9 Å². The fraction of sp³-hybridized carbons (Fsp3) is 0.467. The SMILES string of the molecule is CC1Nc2ccccc2N(CC(=O)N2CCOCC2)C1=O. The van der Waals surface area contributed by atoms with E-state index in [4.69, 9.17) is 4.74 Å². The van der Waals surface area contributed by atoms with Gasteiger partial charge < -0.3 is 15.0 Å². The molecule has 0 aliphatic carbocycles. The van der Waals surface area contributed by atoms with Crippen LogP contribution in [0.5, 0.6) is 0 Å². The molecule has 6 nitrogen and oxygen atoms in total. The number of benzene rings is 1. The first-order chi connectivity index (χ1) is 10.2. The second-order valence-corrected chi connectivity index (χ2v) is 5.30. The van der Waals surface area contributed by atoms with Crippen molar-refractivity contribution in [2.45, 2.75) is 13.0 Å². The summed E-state index contributed by atoms with van der Waals surface area (Å²) in [7, 11) is 0. The molecule has 1 atom stereocenters. The molecule has 2 aliphatic rings. The van der Waals surface area contributed by atoms with E-state index >= 15 is 0 Å². The van der Waals surface area contributed by atoms with Gasteiger partial charge in [-0.15, -0.1) is 0 Å². The number of carbonyl (C=O) groups is 2. The zero-order valence-electron chi connectivity index (χ0n) is 12.0. The van der Waals surface area contributed by atoms with E-state index in [2.05, 4.69) is 5.32 Å². The fourth-order valence-corrected chi connectivity index (χ4v) is 2.69. The van der Waals surface area contributed by atoms with Gasteiger partial charge in [0.2, 0.25) is 11.8 Å². The lowest BCUT2D eigenvalue weighted by molar-refractivity contribution is -0.135. The number of morpholine rings is 1. The molecular formula is C15H19N3O3. The summed E-state index contributed by atoms with van der Waals surface area (Å²) in [6, 6.07) is 7.24. The minimum atomic E-state index is -0.322. The summed E-state index contributed by atoms with van der Waals surface area (Å²) in [4.78, 5) is 28.1. The summed E-state index contributed by atoms with van der Waals surface area (Å²) in [5, 5.41) is 3.16. The predicted octanol–water partition coefficient (Wildman–Crippen LogP) is 0.692. The molecule has 0 saturated carbocycles. The van der Waals surface area contributed by atoms with E-state index in [1.807, 2.05) is 31.2 Å². The average Bonchev–Trinajstić information content (AvgIpc) is 2.52. The van der Waals surface area contributed by atoms with Gasteiger partial charge in [0.25, 0.3) is 0 Å². The maximum atomic E-state index is 12.4. The van der Waals surface area contributed by atoms with Gasteiger partial charge in [0, 0.05) is 13.1 Å². The van der Waals surface area contributed by atoms with Crippen molar-refractivity contribution in [3.05, 3.63) is 24.3 Å². The number of hydrogen-bond acceptors (Lipinski definition) is 4. The van der Waals surface area contributed by atoms with E-state index in [1.54, 1.807) is 9.80 Å². The van der Waals surface area contributed by atoms with Crippen molar-refractivity contribution >= 4 is 23.2 Å². The number of amides is 2. The number of carbonyl (C=O) groups excluding carboxylic acids is 2. The molecule has 2 aliphatic heterocycles. The Labute approximate surface area is 123 Å². The Kier molecular flexibility index (Phi) is 3.79. The largest absolute Gasteiger partial charge is 0.378 e. The minimum Gasteiger partial charge on any atom is -0.378 e. The van der Waals surface area contributed by atoms with Gasteiger partial charge >= 0.3 is 0 Å². The van der Waals surface area contributed by atoms with E-state index in [1.165, 1.54) is 0 Å². The Hall–Kier alpha value is -2.08.